The molecule has 1 N–H and O–H groups in total. The number of rotatable bonds is 11. The zero-order chi connectivity index (χ0) is 24.6. The van der Waals surface area contributed by atoms with Crippen LogP contribution in [0, 0.1) is 5.82 Å². The van der Waals surface area contributed by atoms with Crippen molar-refractivity contribution in [2.75, 3.05) is 51.8 Å². The average molecular weight is 494 g/mol. The van der Waals surface area contributed by atoms with Gasteiger partial charge in [-0.05, 0) is 69.3 Å². The van der Waals surface area contributed by atoms with Gasteiger partial charge in [0, 0.05) is 19.6 Å². The van der Waals surface area contributed by atoms with Gasteiger partial charge in [-0.1, -0.05) is 6.42 Å². The Morgan fingerprint density at radius 1 is 1.09 bits per heavy atom. The molecule has 3 rings (SSSR count). The number of sulfonamides is 1. The normalized spacial score (nSPS) is 14.7. The number of carbonyl (C=O) groups excluding carboxylic acids is 1. The Morgan fingerprint density at radius 3 is 2.47 bits per heavy atom. The molecular weight excluding hydrogens is 461 g/mol. The lowest BCUT2D eigenvalue weighted by Crippen LogP contribution is -2.35. The molecule has 186 valence electrons. The number of nitrogens with zero attached hydrogens (tertiary/aromatic N) is 2. The molecule has 34 heavy (non-hydrogen) atoms. The minimum Gasteiger partial charge on any atom is -0.492 e. The van der Waals surface area contributed by atoms with Crippen LogP contribution in [0.5, 0.6) is 11.5 Å². The maximum Gasteiger partial charge on any atom is 0.243 e. The van der Waals surface area contributed by atoms with Crippen LogP contribution in [-0.4, -0.2) is 70.0 Å². The van der Waals surface area contributed by atoms with E-state index in [4.69, 9.17) is 9.47 Å². The number of nitrogens with one attached hydrogen (secondary N) is 1. The lowest BCUT2D eigenvalue weighted by atomic mass is 10.2. The topological polar surface area (TPSA) is 88.2 Å². The van der Waals surface area contributed by atoms with Crippen LogP contribution >= 0.6 is 0 Å². The van der Waals surface area contributed by atoms with Gasteiger partial charge >= 0.3 is 0 Å². The fraction of sp³-hybridized carbons (Fsp3) is 0.458. The highest BCUT2D eigenvalue weighted by molar-refractivity contribution is 7.89. The number of likely N-dealkylation sites (N-methyl/N-ethyl adjacent to an activating group) is 1. The lowest BCUT2D eigenvalue weighted by Gasteiger charge is -2.26. The second kappa shape index (κ2) is 12.1. The fourth-order valence-electron chi connectivity index (χ4n) is 3.67. The molecule has 2 aromatic rings. The summed E-state index contributed by atoms with van der Waals surface area (Å²) in [5, 5.41) is 2.78. The third kappa shape index (κ3) is 7.15. The summed E-state index contributed by atoms with van der Waals surface area (Å²) in [4.78, 5) is 14.6. The molecule has 1 saturated heterocycles. The average Bonchev–Trinajstić information content (AvgIpc) is 2.82. The van der Waals surface area contributed by atoms with Gasteiger partial charge in [0.05, 0.1) is 23.7 Å². The number of anilines is 1. The first-order valence-electron chi connectivity index (χ1n) is 11.4. The summed E-state index contributed by atoms with van der Waals surface area (Å²) in [6, 6.07) is 10.3. The number of piperidine rings is 1. The highest BCUT2D eigenvalue weighted by atomic mass is 32.2. The molecule has 10 heteroatoms. The van der Waals surface area contributed by atoms with Crippen LogP contribution < -0.4 is 14.8 Å². The van der Waals surface area contributed by atoms with E-state index in [9.17, 15) is 17.6 Å². The first kappa shape index (κ1) is 25.9. The molecule has 0 atom stereocenters. The quantitative estimate of drug-likeness (QED) is 0.517. The zero-order valence-electron chi connectivity index (χ0n) is 19.6. The number of amides is 1. The fourth-order valence-corrected chi connectivity index (χ4v) is 5.21. The molecule has 0 aromatic heterocycles. The third-order valence-electron chi connectivity index (χ3n) is 5.45. The van der Waals surface area contributed by atoms with Crippen LogP contribution in [-0.2, 0) is 14.8 Å². The van der Waals surface area contributed by atoms with Crippen molar-refractivity contribution in [2.45, 2.75) is 31.1 Å². The Bertz CT molecular complexity index is 1060. The molecule has 0 aliphatic carbocycles. The Morgan fingerprint density at radius 2 is 1.79 bits per heavy atom. The van der Waals surface area contributed by atoms with Crippen molar-refractivity contribution in [3.05, 3.63) is 48.3 Å². The number of ether oxygens (including phenoxy) is 2. The highest BCUT2D eigenvalue weighted by Crippen LogP contribution is 2.30. The monoisotopic (exact) mass is 493 g/mol. The van der Waals surface area contributed by atoms with E-state index < -0.39 is 10.0 Å². The first-order chi connectivity index (χ1) is 16.3. The van der Waals surface area contributed by atoms with Gasteiger partial charge in [-0.2, -0.15) is 4.31 Å². The van der Waals surface area contributed by atoms with Crippen LogP contribution in [0.1, 0.15) is 26.2 Å². The second-order valence-electron chi connectivity index (χ2n) is 8.14. The molecule has 0 saturated carbocycles. The van der Waals surface area contributed by atoms with Crippen LogP contribution in [0.15, 0.2) is 47.4 Å². The maximum atomic E-state index is 13.1. The molecule has 1 fully saturated rings. The predicted octanol–water partition coefficient (Wildman–Crippen LogP) is 3.35. The van der Waals surface area contributed by atoms with Crippen molar-refractivity contribution >= 4 is 21.6 Å². The number of benzene rings is 2. The smallest absolute Gasteiger partial charge is 0.243 e. The third-order valence-corrected chi connectivity index (χ3v) is 7.34. The minimum atomic E-state index is -3.64. The molecule has 8 nitrogen and oxygen atoms in total. The SMILES string of the molecule is CCOc1ccc(S(=O)(=O)N2CCCCC2)cc1NC(=O)CN(C)CCOc1ccc(F)cc1. The van der Waals surface area contributed by atoms with E-state index in [0.717, 1.165) is 19.3 Å². The Balaban J connectivity index is 1.61. The van der Waals surface area contributed by atoms with Gasteiger partial charge in [-0.3, -0.25) is 9.69 Å². The van der Waals surface area contributed by atoms with E-state index >= 15 is 0 Å². The summed E-state index contributed by atoms with van der Waals surface area (Å²) in [6.07, 6.45) is 2.72. The first-order valence-corrected chi connectivity index (χ1v) is 12.9. The molecule has 0 spiro atoms. The van der Waals surface area contributed by atoms with Crippen molar-refractivity contribution in [3.8, 4) is 11.5 Å². The Kier molecular flexibility index (Phi) is 9.26. The van der Waals surface area contributed by atoms with Gasteiger partial charge in [0.15, 0.2) is 0 Å². The summed E-state index contributed by atoms with van der Waals surface area (Å²) in [7, 11) is -1.87. The molecule has 0 bridgehead atoms. The standard InChI is InChI=1S/C24H32FN3O5S/c1-3-32-23-12-11-21(34(30,31)28-13-5-4-6-14-28)17-22(23)26-24(29)18-27(2)15-16-33-20-9-7-19(25)8-10-20/h7-12,17H,3-6,13-16,18H2,1-2H3,(H,26,29). The summed E-state index contributed by atoms with van der Waals surface area (Å²) in [6.45, 7) is 4.06. The Labute approximate surface area is 200 Å². The van der Waals surface area contributed by atoms with Gasteiger partial charge in [-0.15, -0.1) is 0 Å². The summed E-state index contributed by atoms with van der Waals surface area (Å²) >= 11 is 0. The minimum absolute atomic E-state index is 0.0709. The van der Waals surface area contributed by atoms with Crippen molar-refractivity contribution in [1.82, 2.24) is 9.21 Å². The molecule has 1 amide bonds. The molecule has 1 aliphatic rings. The van der Waals surface area contributed by atoms with Gasteiger partial charge in [-0.25, -0.2) is 12.8 Å². The number of hydrogen-bond donors (Lipinski definition) is 1. The molecule has 1 heterocycles. The number of hydrogen-bond acceptors (Lipinski definition) is 6. The number of halogens is 1. The van der Waals surface area contributed by atoms with Crippen LogP contribution in [0.3, 0.4) is 0 Å². The van der Waals surface area contributed by atoms with E-state index in [2.05, 4.69) is 5.32 Å². The predicted molar refractivity (Wildman–Crippen MR) is 128 cm³/mol. The largest absolute Gasteiger partial charge is 0.492 e. The van der Waals surface area contributed by atoms with E-state index in [-0.39, 0.29) is 23.2 Å². The molecule has 2 aromatic carbocycles. The molecule has 1 aliphatic heterocycles. The summed E-state index contributed by atoms with van der Waals surface area (Å²) in [5.74, 6) is 0.321. The molecule has 0 radical (unpaired) electrons. The van der Waals surface area contributed by atoms with E-state index in [1.165, 1.54) is 28.6 Å². The van der Waals surface area contributed by atoms with Gasteiger partial charge in [0.25, 0.3) is 0 Å². The lowest BCUT2D eigenvalue weighted by molar-refractivity contribution is -0.117. The molecule has 0 unspecified atom stereocenters. The van der Waals surface area contributed by atoms with Gasteiger partial charge in [0.1, 0.15) is 23.9 Å². The number of carbonyl (C=O) groups is 1. The highest BCUT2D eigenvalue weighted by Gasteiger charge is 2.27. The van der Waals surface area contributed by atoms with Crippen molar-refractivity contribution in [1.29, 1.82) is 0 Å². The second-order valence-corrected chi connectivity index (χ2v) is 10.1. The van der Waals surface area contributed by atoms with Crippen molar-refractivity contribution in [3.63, 3.8) is 0 Å². The van der Waals surface area contributed by atoms with E-state index in [0.29, 0.717) is 50.0 Å². The van der Waals surface area contributed by atoms with Gasteiger partial charge < -0.3 is 14.8 Å². The van der Waals surface area contributed by atoms with Crippen LogP contribution in [0.25, 0.3) is 0 Å². The van der Waals surface area contributed by atoms with E-state index in [1.807, 2.05) is 6.92 Å². The summed E-state index contributed by atoms with van der Waals surface area (Å²) < 4.78 is 51.7. The maximum absolute atomic E-state index is 13.1. The zero-order valence-corrected chi connectivity index (χ0v) is 20.4. The van der Waals surface area contributed by atoms with Crippen molar-refractivity contribution < 1.29 is 27.1 Å². The Hall–Kier alpha value is -2.69. The summed E-state index contributed by atoms with van der Waals surface area (Å²) in [5.41, 5.74) is 0.320. The van der Waals surface area contributed by atoms with E-state index in [1.54, 1.807) is 30.1 Å². The molecular formula is C24H32FN3O5S. The van der Waals surface area contributed by atoms with Crippen molar-refractivity contribution in [2.24, 2.45) is 0 Å². The van der Waals surface area contributed by atoms with Crippen LogP contribution in [0.2, 0.25) is 0 Å². The van der Waals surface area contributed by atoms with Crippen LogP contribution in [0.4, 0.5) is 10.1 Å². The van der Waals surface area contributed by atoms with Gasteiger partial charge in [0.2, 0.25) is 15.9 Å².